The number of carbonyl (C=O) groups is 4. The third-order valence-corrected chi connectivity index (χ3v) is 10.4. The fourth-order valence-corrected chi connectivity index (χ4v) is 7.20. The average Bonchev–Trinajstić information content (AvgIpc) is 3.64. The highest BCUT2D eigenvalue weighted by Gasteiger charge is 2.33. The Morgan fingerprint density at radius 1 is 0.712 bits per heavy atom. The topological polar surface area (TPSA) is 152 Å². The van der Waals surface area contributed by atoms with Crippen molar-refractivity contribution in [2.75, 3.05) is 5.43 Å². The number of carbonyl (C=O) groups excluding carboxylic acids is 4. The molecule has 1 heterocycles. The van der Waals surface area contributed by atoms with Crippen molar-refractivity contribution >= 4 is 68.9 Å². The summed E-state index contributed by atoms with van der Waals surface area (Å²) in [6.07, 6.45) is 15.4. The van der Waals surface area contributed by atoms with Gasteiger partial charge in [0.15, 0.2) is 0 Å². The number of nitrogens with zero attached hydrogens (tertiary/aromatic N) is 2. The van der Waals surface area contributed by atoms with Gasteiger partial charge in [-0.1, -0.05) is 92.7 Å². The van der Waals surface area contributed by atoms with Gasteiger partial charge in [-0.05, 0) is 126 Å². The Bertz CT molecular complexity index is 2570. The molecule has 1 aliphatic carbocycles. The van der Waals surface area contributed by atoms with Crippen LogP contribution in [0.1, 0.15) is 118 Å². The van der Waals surface area contributed by atoms with Gasteiger partial charge < -0.3 is 23.7 Å². The van der Waals surface area contributed by atoms with Crippen LogP contribution in [0.4, 0.5) is 5.13 Å². The van der Waals surface area contributed by atoms with E-state index >= 15 is 0 Å². The predicted octanol–water partition coefficient (Wildman–Crippen LogP) is 12.3. The van der Waals surface area contributed by atoms with Crippen LogP contribution in [0.25, 0.3) is 22.4 Å². The first kappa shape index (κ1) is 49.9. The van der Waals surface area contributed by atoms with E-state index in [1.165, 1.54) is 67.5 Å². The van der Waals surface area contributed by atoms with Gasteiger partial charge in [0.1, 0.15) is 34.1 Å². The van der Waals surface area contributed by atoms with E-state index in [1.807, 2.05) is 38.1 Å². The Kier molecular flexibility index (Phi) is 17.1. The molecule has 0 aliphatic heterocycles. The molecule has 0 amide bonds. The van der Waals surface area contributed by atoms with Gasteiger partial charge >= 0.3 is 23.9 Å². The molecular weight excluding hydrogens is 855 g/mol. The number of esters is 4. The molecule has 0 atom stereocenters. The van der Waals surface area contributed by atoms with Crippen molar-refractivity contribution in [3.8, 4) is 11.5 Å². The van der Waals surface area contributed by atoms with Gasteiger partial charge in [0.2, 0.25) is 5.13 Å². The van der Waals surface area contributed by atoms with E-state index in [2.05, 4.69) is 28.7 Å². The largest absolute Gasteiger partial charge is 0.488 e. The molecule has 0 bridgehead atoms. The summed E-state index contributed by atoms with van der Waals surface area (Å²) in [6.45, 7) is 20.2. The summed E-state index contributed by atoms with van der Waals surface area (Å²) >= 11 is 1.42. The van der Waals surface area contributed by atoms with Gasteiger partial charge in [0, 0.05) is 24.1 Å². The van der Waals surface area contributed by atoms with Crippen LogP contribution in [0, 0.1) is 0 Å². The van der Waals surface area contributed by atoms with Gasteiger partial charge in [-0.3, -0.25) is 5.43 Å². The van der Waals surface area contributed by atoms with Gasteiger partial charge in [0.25, 0.3) is 0 Å². The van der Waals surface area contributed by atoms with Gasteiger partial charge in [-0.15, -0.1) is 0 Å². The number of para-hydroxylation sites is 1. The molecule has 0 unspecified atom stereocenters. The minimum absolute atomic E-state index is 0.156. The van der Waals surface area contributed by atoms with E-state index in [-0.39, 0.29) is 17.1 Å². The molecule has 1 fully saturated rings. The second-order valence-electron chi connectivity index (χ2n) is 17.6. The van der Waals surface area contributed by atoms with E-state index in [9.17, 15) is 19.2 Å². The van der Waals surface area contributed by atoms with E-state index in [1.54, 1.807) is 101 Å². The van der Waals surface area contributed by atoms with Crippen molar-refractivity contribution in [3.05, 3.63) is 156 Å². The van der Waals surface area contributed by atoms with Crippen molar-refractivity contribution < 1.29 is 42.9 Å². The number of hydrogen-bond acceptors (Lipinski definition) is 13. The van der Waals surface area contributed by atoms with Crippen LogP contribution in [0.5, 0.6) is 11.5 Å². The lowest BCUT2D eigenvalue weighted by atomic mass is 9.92. The lowest BCUT2D eigenvalue weighted by Crippen LogP contribution is -2.38. The monoisotopic (exact) mass is 911 g/mol. The molecule has 1 saturated carbocycles. The number of aromatic nitrogens is 1. The zero-order valence-corrected chi connectivity index (χ0v) is 39.4. The van der Waals surface area contributed by atoms with E-state index in [0.717, 1.165) is 21.9 Å². The predicted molar refractivity (Wildman–Crippen MR) is 262 cm³/mol. The fraction of sp³-hybridized carbons (Fsp3) is 0.283. The maximum atomic E-state index is 13.3. The Balaban J connectivity index is 0.00000193. The molecule has 0 saturated heterocycles. The standard InChI is InChI=1S/C49H49N3O9S.C4H8/c1-10-42(53)61-49(8,9)31-48(6,7)59-32(2)15-16-33-17-22-35(23-18-33)44(55)57-38-26-27-40(37(29-38)30-50-52-46-51-39-13-11-12-14-41(39)62-46)58-45(56)36-24-19-34(20-25-36)21-28-43(54)60-47(3,4)5;1-2-4-3-1/h10-30H,1-2,31H2,3-9H3,(H,51,52);1-4H2/b16-15+,28-21+,50-30+;. The van der Waals surface area contributed by atoms with Gasteiger partial charge in [-0.25, -0.2) is 24.2 Å². The van der Waals surface area contributed by atoms with Gasteiger partial charge in [-0.2, -0.15) is 5.10 Å². The minimum atomic E-state index is -0.789. The number of thiazole rings is 1. The van der Waals surface area contributed by atoms with Crippen LogP contribution in [-0.4, -0.2) is 51.9 Å². The van der Waals surface area contributed by atoms with Crippen molar-refractivity contribution in [2.24, 2.45) is 5.10 Å². The number of fused-ring (bicyclic) bond motifs is 1. The zero-order chi connectivity index (χ0) is 47.9. The molecule has 344 valence electrons. The Labute approximate surface area is 390 Å². The van der Waals surface area contributed by atoms with E-state index in [0.29, 0.717) is 34.0 Å². The molecule has 0 spiro atoms. The first-order valence-electron chi connectivity index (χ1n) is 21.5. The van der Waals surface area contributed by atoms with Crippen molar-refractivity contribution in [2.45, 2.75) is 97.4 Å². The maximum absolute atomic E-state index is 13.3. The van der Waals surface area contributed by atoms with Crippen LogP contribution < -0.4 is 14.9 Å². The first-order chi connectivity index (χ1) is 31.3. The summed E-state index contributed by atoms with van der Waals surface area (Å²) in [5.74, 6) is -1.51. The number of nitrogens with one attached hydrogen (secondary N) is 1. The summed E-state index contributed by atoms with van der Waals surface area (Å²) in [5, 5.41) is 4.89. The van der Waals surface area contributed by atoms with Crippen LogP contribution in [0.15, 0.2) is 133 Å². The summed E-state index contributed by atoms with van der Waals surface area (Å²) in [7, 11) is 0. The summed E-state index contributed by atoms with van der Waals surface area (Å²) in [6, 6.07) is 25.5. The van der Waals surface area contributed by atoms with E-state index < -0.39 is 40.7 Å². The highest BCUT2D eigenvalue weighted by atomic mass is 32.1. The molecule has 4 aromatic carbocycles. The molecule has 5 aromatic rings. The van der Waals surface area contributed by atoms with Crippen LogP contribution in [-0.2, 0) is 23.8 Å². The molecule has 0 radical (unpaired) electrons. The molecule has 13 heteroatoms. The van der Waals surface area contributed by atoms with Crippen LogP contribution >= 0.6 is 11.3 Å². The SMILES string of the molecule is C1CCC1.C=CC(=O)OC(C)(C)CC(C)(C)OC(=C)/C=C/c1ccc(C(=O)Oc2ccc(OC(=O)c3ccc(/C=C/C(=O)OC(C)(C)C)cc3)c(/C=N/Nc3nc4ccccc4s3)c2)cc1. The second-order valence-corrected chi connectivity index (χ2v) is 18.6. The summed E-state index contributed by atoms with van der Waals surface area (Å²) < 4.78 is 29.3. The normalized spacial score (nSPS) is 12.8. The molecule has 6 rings (SSSR count). The average molecular weight is 912 g/mol. The summed E-state index contributed by atoms with van der Waals surface area (Å²) in [5.41, 5.74) is 3.99. The van der Waals surface area contributed by atoms with Crippen LogP contribution in [0.2, 0.25) is 0 Å². The molecule has 12 nitrogen and oxygen atoms in total. The number of benzene rings is 4. The van der Waals surface area contributed by atoms with Crippen molar-refractivity contribution in [1.29, 1.82) is 0 Å². The Morgan fingerprint density at radius 2 is 1.29 bits per heavy atom. The molecular formula is C53H57N3O9S. The number of allylic oxidation sites excluding steroid dienone is 1. The third-order valence-electron chi connectivity index (χ3n) is 9.43. The number of rotatable bonds is 17. The number of anilines is 1. The second kappa shape index (κ2) is 22.7. The number of hydrogen-bond donors (Lipinski definition) is 1. The Hall–Kier alpha value is -7.12. The van der Waals surface area contributed by atoms with E-state index in [4.69, 9.17) is 23.7 Å². The maximum Gasteiger partial charge on any atom is 0.343 e. The van der Waals surface area contributed by atoms with Crippen molar-refractivity contribution in [1.82, 2.24) is 4.98 Å². The highest BCUT2D eigenvalue weighted by molar-refractivity contribution is 7.22. The number of ether oxygens (including phenoxy) is 5. The molecule has 66 heavy (non-hydrogen) atoms. The minimum Gasteiger partial charge on any atom is -0.488 e. The molecule has 1 aliphatic rings. The van der Waals surface area contributed by atoms with Crippen molar-refractivity contribution in [3.63, 3.8) is 0 Å². The zero-order valence-electron chi connectivity index (χ0n) is 38.6. The highest BCUT2D eigenvalue weighted by Crippen LogP contribution is 2.30. The lowest BCUT2D eigenvalue weighted by Gasteiger charge is -2.34. The fourth-order valence-electron chi connectivity index (χ4n) is 6.39. The molecule has 1 N–H and O–H groups in total. The molecule has 1 aromatic heterocycles. The quantitative estimate of drug-likeness (QED) is 0.0180. The third kappa shape index (κ3) is 16.5. The Morgan fingerprint density at radius 3 is 1.86 bits per heavy atom. The smallest absolute Gasteiger partial charge is 0.343 e. The first-order valence-corrected chi connectivity index (χ1v) is 22.3. The lowest BCUT2D eigenvalue weighted by molar-refractivity contribution is -0.155. The number of hydrazone groups is 1. The summed E-state index contributed by atoms with van der Waals surface area (Å²) in [4.78, 5) is 54.9. The van der Waals surface area contributed by atoms with Gasteiger partial charge in [0.05, 0.1) is 27.6 Å². The van der Waals surface area contributed by atoms with Crippen LogP contribution in [0.3, 0.4) is 0 Å².